The number of nitrogens with one attached hydrogen (secondary N) is 1. The predicted molar refractivity (Wildman–Crippen MR) is 101 cm³/mol. The van der Waals surface area contributed by atoms with Crippen LogP contribution in [0.5, 0.6) is 0 Å². The Hall–Kier alpha value is -2.92. The van der Waals surface area contributed by atoms with Gasteiger partial charge in [0, 0.05) is 37.8 Å². The number of fused-ring (bicyclic) bond motifs is 1. The third kappa shape index (κ3) is 4.00. The second-order valence-electron chi connectivity index (χ2n) is 6.57. The van der Waals surface area contributed by atoms with Gasteiger partial charge in [-0.05, 0) is 24.1 Å². The highest BCUT2D eigenvalue weighted by Gasteiger charge is 2.23. The molecule has 26 heavy (non-hydrogen) atoms. The van der Waals surface area contributed by atoms with Gasteiger partial charge in [-0.3, -0.25) is 9.69 Å². The molecule has 1 aromatic heterocycles. The van der Waals surface area contributed by atoms with Crippen LogP contribution in [0.4, 0.5) is 0 Å². The van der Waals surface area contributed by atoms with E-state index in [1.807, 2.05) is 30.3 Å². The van der Waals surface area contributed by atoms with Crippen molar-refractivity contribution in [2.45, 2.75) is 19.0 Å². The molecule has 2 aromatic carbocycles. The van der Waals surface area contributed by atoms with Crippen LogP contribution >= 0.6 is 0 Å². The molecule has 5 heteroatoms. The minimum Gasteiger partial charge on any atom is -0.437 e. The average molecular weight is 347 g/mol. The number of nitrogens with zero attached hydrogens (tertiary/aromatic N) is 2. The van der Waals surface area contributed by atoms with E-state index in [1.165, 1.54) is 11.6 Å². The topological polar surface area (TPSA) is 58.4 Å². The monoisotopic (exact) mass is 347 g/mol. The van der Waals surface area contributed by atoms with Crippen LogP contribution in [0, 0.1) is 0 Å². The highest BCUT2D eigenvalue weighted by molar-refractivity contribution is 5.91. The van der Waals surface area contributed by atoms with E-state index < -0.39 is 0 Å². The zero-order valence-electron chi connectivity index (χ0n) is 14.5. The van der Waals surface area contributed by atoms with E-state index in [1.54, 1.807) is 6.08 Å². The standard InChI is InChI=1S/C21H21N3O2/c25-20(10-11-21-23-18-8-4-5-9-19(18)26-21)22-17-12-13-24(15-17)14-16-6-2-1-3-7-16/h1-11,17H,12-15H2,(H,22,25)/b11-10+/t17-/m0/s1. The van der Waals surface area contributed by atoms with Crippen molar-refractivity contribution in [3.63, 3.8) is 0 Å². The van der Waals surface area contributed by atoms with Crippen LogP contribution in [0.15, 0.2) is 65.1 Å². The summed E-state index contributed by atoms with van der Waals surface area (Å²) in [5.41, 5.74) is 2.81. The van der Waals surface area contributed by atoms with E-state index >= 15 is 0 Å². The Morgan fingerprint density at radius 1 is 1.19 bits per heavy atom. The second kappa shape index (κ2) is 7.54. The van der Waals surface area contributed by atoms with Crippen LogP contribution in [-0.4, -0.2) is 34.9 Å². The molecule has 1 amide bonds. The highest BCUT2D eigenvalue weighted by Crippen LogP contribution is 2.16. The number of hydrogen-bond acceptors (Lipinski definition) is 4. The first-order chi connectivity index (χ1) is 12.8. The van der Waals surface area contributed by atoms with Crippen molar-refractivity contribution in [3.8, 4) is 0 Å². The molecule has 3 aromatic rings. The number of carbonyl (C=O) groups is 1. The lowest BCUT2D eigenvalue weighted by Gasteiger charge is -2.16. The minimum atomic E-state index is -0.112. The molecule has 0 saturated carbocycles. The van der Waals surface area contributed by atoms with E-state index in [4.69, 9.17) is 4.42 Å². The molecule has 0 bridgehead atoms. The number of aromatic nitrogens is 1. The maximum Gasteiger partial charge on any atom is 0.244 e. The van der Waals surface area contributed by atoms with E-state index in [2.05, 4.69) is 39.5 Å². The SMILES string of the molecule is O=C(/C=C/c1nc2ccccc2o1)N[C@H]1CCN(Cc2ccccc2)C1. The quantitative estimate of drug-likeness (QED) is 0.720. The average Bonchev–Trinajstić information content (AvgIpc) is 3.27. The number of amides is 1. The molecule has 0 spiro atoms. The van der Waals surface area contributed by atoms with Gasteiger partial charge < -0.3 is 9.73 Å². The maximum atomic E-state index is 12.2. The zero-order chi connectivity index (χ0) is 17.8. The van der Waals surface area contributed by atoms with Crippen LogP contribution in [0.1, 0.15) is 17.9 Å². The van der Waals surface area contributed by atoms with Gasteiger partial charge in [-0.1, -0.05) is 42.5 Å². The van der Waals surface area contributed by atoms with E-state index in [-0.39, 0.29) is 11.9 Å². The van der Waals surface area contributed by atoms with Crippen LogP contribution in [0.3, 0.4) is 0 Å². The van der Waals surface area contributed by atoms with Crippen molar-refractivity contribution in [1.29, 1.82) is 0 Å². The Bertz CT molecular complexity index is 884. The fraction of sp³-hybridized carbons (Fsp3) is 0.238. The molecule has 1 atom stereocenters. The molecule has 0 radical (unpaired) electrons. The first-order valence-electron chi connectivity index (χ1n) is 8.87. The number of benzene rings is 2. The summed E-state index contributed by atoms with van der Waals surface area (Å²) in [6.07, 6.45) is 4.08. The fourth-order valence-electron chi connectivity index (χ4n) is 3.29. The fourth-order valence-corrected chi connectivity index (χ4v) is 3.29. The number of para-hydroxylation sites is 2. The Morgan fingerprint density at radius 3 is 2.85 bits per heavy atom. The molecule has 0 unspecified atom stereocenters. The number of hydrogen-bond donors (Lipinski definition) is 1. The minimum absolute atomic E-state index is 0.112. The van der Waals surface area contributed by atoms with Gasteiger partial charge in [0.05, 0.1) is 0 Å². The summed E-state index contributed by atoms with van der Waals surface area (Å²) in [6, 6.07) is 18.1. The van der Waals surface area contributed by atoms with Gasteiger partial charge in [-0.25, -0.2) is 4.98 Å². The molecule has 1 fully saturated rings. The molecular weight excluding hydrogens is 326 g/mol. The second-order valence-corrected chi connectivity index (χ2v) is 6.57. The van der Waals surface area contributed by atoms with E-state index in [0.29, 0.717) is 5.89 Å². The van der Waals surface area contributed by atoms with Crippen molar-refractivity contribution >= 4 is 23.1 Å². The summed E-state index contributed by atoms with van der Waals surface area (Å²) < 4.78 is 5.59. The molecule has 1 saturated heterocycles. The highest BCUT2D eigenvalue weighted by atomic mass is 16.3. The van der Waals surface area contributed by atoms with E-state index in [0.717, 1.165) is 37.2 Å². The largest absolute Gasteiger partial charge is 0.437 e. The molecule has 2 heterocycles. The predicted octanol–water partition coefficient (Wildman–Crippen LogP) is 3.23. The molecule has 5 nitrogen and oxygen atoms in total. The number of likely N-dealkylation sites (tertiary alicyclic amines) is 1. The molecule has 0 aliphatic carbocycles. The summed E-state index contributed by atoms with van der Waals surface area (Å²) in [4.78, 5) is 18.9. The van der Waals surface area contributed by atoms with Gasteiger partial charge in [0.1, 0.15) is 5.52 Å². The Kier molecular flexibility index (Phi) is 4.80. The van der Waals surface area contributed by atoms with Crippen LogP contribution in [-0.2, 0) is 11.3 Å². The first kappa shape index (κ1) is 16.5. The van der Waals surface area contributed by atoms with Crippen LogP contribution in [0.25, 0.3) is 17.2 Å². The van der Waals surface area contributed by atoms with Gasteiger partial charge in [0.2, 0.25) is 11.8 Å². The Labute approximate surface area is 152 Å². The summed E-state index contributed by atoms with van der Waals surface area (Å²) in [5, 5.41) is 3.06. The molecule has 1 N–H and O–H groups in total. The molecular formula is C21H21N3O2. The Balaban J connectivity index is 1.29. The van der Waals surface area contributed by atoms with Crippen molar-refractivity contribution < 1.29 is 9.21 Å². The van der Waals surface area contributed by atoms with Crippen LogP contribution < -0.4 is 5.32 Å². The molecule has 1 aliphatic heterocycles. The van der Waals surface area contributed by atoms with Crippen molar-refractivity contribution in [3.05, 3.63) is 72.1 Å². The third-order valence-corrected chi connectivity index (χ3v) is 4.56. The van der Waals surface area contributed by atoms with Gasteiger partial charge in [-0.2, -0.15) is 0 Å². The normalized spacial score (nSPS) is 17.9. The summed E-state index contributed by atoms with van der Waals surface area (Å²) >= 11 is 0. The lowest BCUT2D eigenvalue weighted by Crippen LogP contribution is -2.35. The van der Waals surface area contributed by atoms with Crippen molar-refractivity contribution in [2.75, 3.05) is 13.1 Å². The summed E-state index contributed by atoms with van der Waals surface area (Å²) in [5.74, 6) is 0.331. The lowest BCUT2D eigenvalue weighted by molar-refractivity contribution is -0.117. The van der Waals surface area contributed by atoms with Gasteiger partial charge in [0.25, 0.3) is 0 Å². The smallest absolute Gasteiger partial charge is 0.244 e. The number of oxazole rings is 1. The lowest BCUT2D eigenvalue weighted by atomic mass is 10.2. The molecule has 4 rings (SSSR count). The zero-order valence-corrected chi connectivity index (χ0v) is 14.5. The Morgan fingerprint density at radius 2 is 2.00 bits per heavy atom. The summed E-state index contributed by atoms with van der Waals surface area (Å²) in [7, 11) is 0. The van der Waals surface area contributed by atoms with E-state index in [9.17, 15) is 4.79 Å². The first-order valence-corrected chi connectivity index (χ1v) is 8.87. The van der Waals surface area contributed by atoms with Gasteiger partial charge in [-0.15, -0.1) is 0 Å². The van der Waals surface area contributed by atoms with Crippen molar-refractivity contribution in [2.24, 2.45) is 0 Å². The molecule has 132 valence electrons. The number of rotatable bonds is 5. The van der Waals surface area contributed by atoms with Gasteiger partial charge in [0.15, 0.2) is 5.58 Å². The third-order valence-electron chi connectivity index (χ3n) is 4.56. The number of carbonyl (C=O) groups excluding carboxylic acids is 1. The summed E-state index contributed by atoms with van der Waals surface area (Å²) in [6.45, 7) is 2.79. The molecule has 1 aliphatic rings. The maximum absolute atomic E-state index is 12.2. The van der Waals surface area contributed by atoms with Crippen molar-refractivity contribution in [1.82, 2.24) is 15.2 Å². The van der Waals surface area contributed by atoms with Crippen LogP contribution in [0.2, 0.25) is 0 Å². The van der Waals surface area contributed by atoms with Gasteiger partial charge >= 0.3 is 0 Å².